The largest absolute Gasteiger partial charge is 0.382 e. The SMILES string of the molecule is CCOCCCn1cc(S(=O)(=O)Cl)c2c(F)cccc21. The van der Waals surface area contributed by atoms with Gasteiger partial charge in [-0.05, 0) is 25.5 Å². The highest BCUT2D eigenvalue weighted by atomic mass is 35.7. The summed E-state index contributed by atoms with van der Waals surface area (Å²) in [6, 6.07) is 4.43. The van der Waals surface area contributed by atoms with Gasteiger partial charge in [-0.1, -0.05) is 6.07 Å². The molecule has 0 aliphatic rings. The maximum atomic E-state index is 13.9. The van der Waals surface area contributed by atoms with Gasteiger partial charge in [0.15, 0.2) is 0 Å². The summed E-state index contributed by atoms with van der Waals surface area (Å²) in [6.45, 7) is 3.63. The second-order valence-electron chi connectivity index (χ2n) is 4.31. The molecule has 0 saturated carbocycles. The Balaban J connectivity index is 2.44. The van der Waals surface area contributed by atoms with Gasteiger partial charge in [0.2, 0.25) is 0 Å². The summed E-state index contributed by atoms with van der Waals surface area (Å²) in [5, 5.41) is 0.0407. The highest BCUT2D eigenvalue weighted by molar-refractivity contribution is 8.14. The van der Waals surface area contributed by atoms with Crippen molar-refractivity contribution in [3.05, 3.63) is 30.2 Å². The van der Waals surface area contributed by atoms with E-state index in [9.17, 15) is 12.8 Å². The molecule has 0 unspecified atom stereocenters. The fourth-order valence-electron chi connectivity index (χ4n) is 2.12. The smallest absolute Gasteiger partial charge is 0.263 e. The Hall–Kier alpha value is -1.11. The van der Waals surface area contributed by atoms with Gasteiger partial charge >= 0.3 is 0 Å². The molecule has 1 aromatic heterocycles. The lowest BCUT2D eigenvalue weighted by Gasteiger charge is -2.05. The summed E-state index contributed by atoms with van der Waals surface area (Å²) < 4.78 is 43.9. The number of fused-ring (bicyclic) bond motifs is 1. The Kier molecular flexibility index (Phi) is 4.67. The van der Waals surface area contributed by atoms with E-state index in [-0.39, 0.29) is 10.3 Å². The van der Waals surface area contributed by atoms with Crippen molar-refractivity contribution in [1.29, 1.82) is 0 Å². The molecule has 0 spiro atoms. The van der Waals surface area contributed by atoms with Gasteiger partial charge in [-0.2, -0.15) is 0 Å². The maximum Gasteiger partial charge on any atom is 0.263 e. The van der Waals surface area contributed by atoms with Crippen LogP contribution in [0.25, 0.3) is 10.9 Å². The van der Waals surface area contributed by atoms with Crippen LogP contribution in [0.4, 0.5) is 4.39 Å². The second-order valence-corrected chi connectivity index (χ2v) is 6.84. The Morgan fingerprint density at radius 1 is 1.40 bits per heavy atom. The van der Waals surface area contributed by atoms with E-state index in [2.05, 4.69) is 0 Å². The minimum atomic E-state index is -3.99. The molecule has 110 valence electrons. The van der Waals surface area contributed by atoms with E-state index < -0.39 is 14.9 Å². The normalized spacial score (nSPS) is 12.2. The van der Waals surface area contributed by atoms with Crippen molar-refractivity contribution in [3.63, 3.8) is 0 Å². The first kappa shape index (κ1) is 15.3. The van der Waals surface area contributed by atoms with Crippen molar-refractivity contribution in [2.24, 2.45) is 0 Å². The van der Waals surface area contributed by atoms with Crippen molar-refractivity contribution in [3.8, 4) is 0 Å². The van der Waals surface area contributed by atoms with E-state index in [1.54, 1.807) is 16.7 Å². The summed E-state index contributed by atoms with van der Waals surface area (Å²) in [4.78, 5) is -0.191. The van der Waals surface area contributed by atoms with Crippen LogP contribution in [0, 0.1) is 5.82 Å². The Morgan fingerprint density at radius 3 is 2.80 bits per heavy atom. The van der Waals surface area contributed by atoms with Crippen molar-refractivity contribution in [2.45, 2.75) is 24.8 Å². The lowest BCUT2D eigenvalue weighted by atomic mass is 10.2. The Labute approximate surface area is 121 Å². The van der Waals surface area contributed by atoms with Gasteiger partial charge in [-0.15, -0.1) is 0 Å². The zero-order valence-corrected chi connectivity index (χ0v) is 12.5. The minimum Gasteiger partial charge on any atom is -0.382 e. The molecular weight excluding hydrogens is 305 g/mol. The van der Waals surface area contributed by atoms with E-state index in [4.69, 9.17) is 15.4 Å². The van der Waals surface area contributed by atoms with Crippen LogP contribution in [0.5, 0.6) is 0 Å². The van der Waals surface area contributed by atoms with E-state index in [0.717, 1.165) is 0 Å². The molecule has 1 aromatic carbocycles. The molecule has 4 nitrogen and oxygen atoms in total. The molecule has 7 heteroatoms. The fourth-order valence-corrected chi connectivity index (χ4v) is 3.17. The third-order valence-electron chi connectivity index (χ3n) is 2.98. The summed E-state index contributed by atoms with van der Waals surface area (Å²) in [6.07, 6.45) is 2.08. The number of aryl methyl sites for hydroxylation is 1. The Bertz CT molecular complexity index is 712. The third-order valence-corrected chi connectivity index (χ3v) is 4.31. The molecule has 0 bridgehead atoms. The maximum absolute atomic E-state index is 13.9. The molecule has 2 rings (SSSR count). The highest BCUT2D eigenvalue weighted by Crippen LogP contribution is 2.30. The zero-order chi connectivity index (χ0) is 14.8. The van der Waals surface area contributed by atoms with Gasteiger partial charge < -0.3 is 9.30 Å². The van der Waals surface area contributed by atoms with Gasteiger partial charge in [0.05, 0.1) is 10.9 Å². The standard InChI is InChI=1S/C13H15ClFNO3S/c1-2-19-8-4-7-16-9-12(20(14,17)18)13-10(15)5-3-6-11(13)16/h3,5-6,9H,2,4,7-8H2,1H3. The zero-order valence-electron chi connectivity index (χ0n) is 11.0. The summed E-state index contributed by atoms with van der Waals surface area (Å²) in [7, 11) is 1.39. The summed E-state index contributed by atoms with van der Waals surface area (Å²) in [5.41, 5.74) is 0.515. The van der Waals surface area contributed by atoms with Crippen LogP contribution < -0.4 is 0 Å². The molecule has 0 amide bonds. The number of halogens is 2. The van der Waals surface area contributed by atoms with Crippen LogP contribution >= 0.6 is 10.7 Å². The molecular formula is C13H15ClFNO3S. The minimum absolute atomic E-state index is 0.0407. The fraction of sp³-hybridized carbons (Fsp3) is 0.385. The first-order valence-corrected chi connectivity index (χ1v) is 8.56. The van der Waals surface area contributed by atoms with Crippen molar-refractivity contribution >= 4 is 30.6 Å². The first-order chi connectivity index (χ1) is 9.45. The van der Waals surface area contributed by atoms with Crippen LogP contribution in [0.2, 0.25) is 0 Å². The number of aromatic nitrogens is 1. The van der Waals surface area contributed by atoms with E-state index in [1.807, 2.05) is 6.92 Å². The predicted molar refractivity (Wildman–Crippen MR) is 76.0 cm³/mol. The topological polar surface area (TPSA) is 48.3 Å². The first-order valence-electron chi connectivity index (χ1n) is 6.25. The van der Waals surface area contributed by atoms with Crippen LogP contribution in [0.1, 0.15) is 13.3 Å². The number of benzene rings is 1. The lowest BCUT2D eigenvalue weighted by molar-refractivity contribution is 0.142. The van der Waals surface area contributed by atoms with Crippen LogP contribution in [-0.2, 0) is 20.3 Å². The quantitative estimate of drug-likeness (QED) is 0.607. The summed E-state index contributed by atoms with van der Waals surface area (Å²) in [5.74, 6) is -0.592. The highest BCUT2D eigenvalue weighted by Gasteiger charge is 2.21. The average Bonchev–Trinajstić information content (AvgIpc) is 2.75. The number of ether oxygens (including phenoxy) is 1. The van der Waals surface area contributed by atoms with Gasteiger partial charge in [0, 0.05) is 36.6 Å². The molecule has 0 aliphatic heterocycles. The molecule has 0 atom stereocenters. The van der Waals surface area contributed by atoms with Crippen LogP contribution in [0.3, 0.4) is 0 Å². The van der Waals surface area contributed by atoms with E-state index in [1.165, 1.54) is 12.3 Å². The van der Waals surface area contributed by atoms with E-state index in [0.29, 0.717) is 31.7 Å². The third kappa shape index (κ3) is 3.13. The van der Waals surface area contributed by atoms with Gasteiger partial charge in [0.1, 0.15) is 10.7 Å². The van der Waals surface area contributed by atoms with Crippen molar-refractivity contribution in [2.75, 3.05) is 13.2 Å². The number of hydrogen-bond acceptors (Lipinski definition) is 3. The molecule has 0 radical (unpaired) electrons. The van der Waals surface area contributed by atoms with Crippen molar-refractivity contribution in [1.82, 2.24) is 4.57 Å². The van der Waals surface area contributed by atoms with Crippen molar-refractivity contribution < 1.29 is 17.5 Å². The number of nitrogens with zero attached hydrogens (tertiary/aromatic N) is 1. The van der Waals surface area contributed by atoms with Gasteiger partial charge in [-0.3, -0.25) is 0 Å². The molecule has 0 fully saturated rings. The van der Waals surface area contributed by atoms with Gasteiger partial charge in [0.25, 0.3) is 9.05 Å². The second kappa shape index (κ2) is 6.11. The number of hydrogen-bond donors (Lipinski definition) is 0. The molecule has 20 heavy (non-hydrogen) atoms. The van der Waals surface area contributed by atoms with Crippen LogP contribution in [0.15, 0.2) is 29.3 Å². The van der Waals surface area contributed by atoms with E-state index >= 15 is 0 Å². The molecule has 0 saturated heterocycles. The molecule has 0 aliphatic carbocycles. The molecule has 2 aromatic rings. The lowest BCUT2D eigenvalue weighted by Crippen LogP contribution is -2.01. The predicted octanol–water partition coefficient (Wildman–Crippen LogP) is 3.13. The average molecular weight is 320 g/mol. The molecule has 0 N–H and O–H groups in total. The summed E-state index contributed by atoms with van der Waals surface area (Å²) >= 11 is 0. The molecule has 1 heterocycles. The monoisotopic (exact) mass is 319 g/mol. The Morgan fingerprint density at radius 2 is 2.15 bits per heavy atom. The van der Waals surface area contributed by atoms with Gasteiger partial charge in [-0.25, -0.2) is 12.8 Å². The van der Waals surface area contributed by atoms with Crippen LogP contribution in [-0.4, -0.2) is 26.2 Å². The number of rotatable bonds is 6.